The summed E-state index contributed by atoms with van der Waals surface area (Å²) in [5.41, 5.74) is 1.32. The highest BCUT2D eigenvalue weighted by Gasteiger charge is 2.28. The van der Waals surface area contributed by atoms with Crippen LogP contribution in [0, 0.1) is 0 Å². The Bertz CT molecular complexity index is 435. The zero-order chi connectivity index (χ0) is 13.4. The molecule has 0 aromatic carbocycles. The first kappa shape index (κ1) is 13.2. The first-order chi connectivity index (χ1) is 9.15. The highest BCUT2D eigenvalue weighted by molar-refractivity contribution is 5.11. The predicted molar refractivity (Wildman–Crippen MR) is 78.4 cm³/mol. The van der Waals surface area contributed by atoms with Gasteiger partial charge in [-0.1, -0.05) is 6.92 Å². The molecule has 19 heavy (non-hydrogen) atoms. The van der Waals surface area contributed by atoms with E-state index in [0.29, 0.717) is 18.0 Å². The second-order valence-corrected chi connectivity index (χ2v) is 6.66. The molecule has 2 aliphatic heterocycles. The number of hydrogen-bond acceptors (Lipinski definition) is 2. The van der Waals surface area contributed by atoms with Gasteiger partial charge in [-0.25, -0.2) is 4.98 Å². The topological polar surface area (TPSA) is 21.1 Å². The van der Waals surface area contributed by atoms with E-state index in [1.54, 1.807) is 0 Å². The van der Waals surface area contributed by atoms with Gasteiger partial charge in [0.25, 0.3) is 0 Å². The zero-order valence-corrected chi connectivity index (χ0v) is 12.6. The fourth-order valence-corrected chi connectivity index (χ4v) is 3.85. The summed E-state index contributed by atoms with van der Waals surface area (Å²) < 4.78 is 2.40. The molecule has 0 radical (unpaired) electrons. The molecular weight excluding hydrogens is 234 g/mol. The minimum absolute atomic E-state index is 0.646. The van der Waals surface area contributed by atoms with Gasteiger partial charge in [0, 0.05) is 37.2 Å². The smallest absolute Gasteiger partial charge is 0.111 e. The molecule has 1 saturated heterocycles. The van der Waals surface area contributed by atoms with Crippen LogP contribution in [0.2, 0.25) is 0 Å². The van der Waals surface area contributed by atoms with Crippen molar-refractivity contribution in [3.8, 4) is 0 Å². The normalized spacial score (nSPS) is 28.0. The molecule has 1 aromatic rings. The lowest BCUT2D eigenvalue weighted by molar-refractivity contribution is 0.202. The fourth-order valence-electron chi connectivity index (χ4n) is 3.85. The van der Waals surface area contributed by atoms with Crippen molar-refractivity contribution in [2.45, 2.75) is 77.4 Å². The van der Waals surface area contributed by atoms with E-state index in [2.05, 4.69) is 36.4 Å². The number of aryl methyl sites for hydroxylation is 1. The lowest BCUT2D eigenvalue weighted by Gasteiger charge is -2.27. The van der Waals surface area contributed by atoms with E-state index < -0.39 is 0 Å². The van der Waals surface area contributed by atoms with Crippen LogP contribution in [-0.4, -0.2) is 33.1 Å². The van der Waals surface area contributed by atoms with E-state index >= 15 is 0 Å². The first-order valence-electron chi connectivity index (χ1n) is 7.97. The molecule has 106 valence electrons. The SMILES string of the molecule is CC1CCCn2cc(CC3CCCN3C(C)C)nc21. The molecule has 1 fully saturated rings. The number of nitrogens with zero attached hydrogens (tertiary/aromatic N) is 3. The standard InChI is InChI=1S/C16H27N3/c1-12(2)19-9-5-7-15(19)10-14-11-18-8-4-6-13(3)16(18)17-14/h11-13,15H,4-10H2,1-3H3. The van der Waals surface area contributed by atoms with Crippen LogP contribution in [0.5, 0.6) is 0 Å². The van der Waals surface area contributed by atoms with Gasteiger partial charge in [-0.2, -0.15) is 0 Å². The molecule has 0 spiro atoms. The lowest BCUT2D eigenvalue weighted by Crippen LogP contribution is -2.36. The molecule has 0 N–H and O–H groups in total. The monoisotopic (exact) mass is 261 g/mol. The van der Waals surface area contributed by atoms with Crippen molar-refractivity contribution in [2.24, 2.45) is 0 Å². The number of fused-ring (bicyclic) bond motifs is 1. The van der Waals surface area contributed by atoms with Crippen LogP contribution in [0.1, 0.15) is 63.9 Å². The minimum atomic E-state index is 0.646. The molecule has 2 aliphatic rings. The van der Waals surface area contributed by atoms with Crippen LogP contribution in [0.15, 0.2) is 6.20 Å². The largest absolute Gasteiger partial charge is 0.334 e. The van der Waals surface area contributed by atoms with Crippen LogP contribution in [-0.2, 0) is 13.0 Å². The Morgan fingerprint density at radius 2 is 2.05 bits per heavy atom. The molecule has 2 atom stereocenters. The molecule has 3 nitrogen and oxygen atoms in total. The summed E-state index contributed by atoms with van der Waals surface area (Å²) in [7, 11) is 0. The summed E-state index contributed by atoms with van der Waals surface area (Å²) in [5, 5.41) is 0. The zero-order valence-electron chi connectivity index (χ0n) is 12.6. The Balaban J connectivity index is 1.73. The van der Waals surface area contributed by atoms with Crippen LogP contribution in [0.4, 0.5) is 0 Å². The van der Waals surface area contributed by atoms with Gasteiger partial charge in [0.1, 0.15) is 5.82 Å². The van der Waals surface area contributed by atoms with Gasteiger partial charge in [0.15, 0.2) is 0 Å². The van der Waals surface area contributed by atoms with E-state index in [1.165, 1.54) is 50.3 Å². The van der Waals surface area contributed by atoms with Crippen LogP contribution in [0.25, 0.3) is 0 Å². The molecule has 3 rings (SSSR count). The summed E-state index contributed by atoms with van der Waals surface area (Å²) in [6, 6.07) is 1.39. The van der Waals surface area contributed by atoms with Crippen molar-refractivity contribution in [3.05, 3.63) is 17.7 Å². The highest BCUT2D eigenvalue weighted by atomic mass is 15.2. The van der Waals surface area contributed by atoms with E-state index in [9.17, 15) is 0 Å². The van der Waals surface area contributed by atoms with Crippen molar-refractivity contribution >= 4 is 0 Å². The van der Waals surface area contributed by atoms with Gasteiger partial charge >= 0.3 is 0 Å². The van der Waals surface area contributed by atoms with E-state index in [0.717, 1.165) is 6.42 Å². The van der Waals surface area contributed by atoms with E-state index in [4.69, 9.17) is 4.98 Å². The molecule has 3 heterocycles. The number of rotatable bonds is 3. The van der Waals surface area contributed by atoms with Crippen molar-refractivity contribution in [1.29, 1.82) is 0 Å². The summed E-state index contributed by atoms with van der Waals surface area (Å²) in [4.78, 5) is 7.58. The van der Waals surface area contributed by atoms with Gasteiger partial charge in [0.2, 0.25) is 0 Å². The highest BCUT2D eigenvalue weighted by Crippen LogP contribution is 2.28. The Morgan fingerprint density at radius 1 is 1.26 bits per heavy atom. The average molecular weight is 261 g/mol. The Morgan fingerprint density at radius 3 is 2.79 bits per heavy atom. The summed E-state index contributed by atoms with van der Waals surface area (Å²) in [6.45, 7) is 9.40. The summed E-state index contributed by atoms with van der Waals surface area (Å²) >= 11 is 0. The number of likely N-dealkylation sites (tertiary alicyclic amines) is 1. The minimum Gasteiger partial charge on any atom is -0.334 e. The Kier molecular flexibility index (Phi) is 3.66. The van der Waals surface area contributed by atoms with E-state index in [-0.39, 0.29) is 0 Å². The van der Waals surface area contributed by atoms with Gasteiger partial charge in [0.05, 0.1) is 5.69 Å². The van der Waals surface area contributed by atoms with Crippen LogP contribution < -0.4 is 0 Å². The molecule has 2 unspecified atom stereocenters. The molecule has 3 heteroatoms. The predicted octanol–water partition coefficient (Wildman–Crippen LogP) is 3.20. The maximum atomic E-state index is 4.93. The molecular formula is C16H27N3. The first-order valence-corrected chi connectivity index (χ1v) is 7.97. The Labute approximate surface area is 117 Å². The molecule has 0 bridgehead atoms. The second-order valence-electron chi connectivity index (χ2n) is 6.66. The number of imidazole rings is 1. The van der Waals surface area contributed by atoms with Crippen molar-refractivity contribution in [2.75, 3.05) is 6.54 Å². The fraction of sp³-hybridized carbons (Fsp3) is 0.812. The van der Waals surface area contributed by atoms with Gasteiger partial charge in [-0.05, 0) is 46.1 Å². The lowest BCUT2D eigenvalue weighted by atomic mass is 10.0. The van der Waals surface area contributed by atoms with E-state index in [1.807, 2.05) is 0 Å². The van der Waals surface area contributed by atoms with Crippen molar-refractivity contribution in [1.82, 2.24) is 14.5 Å². The molecule has 0 amide bonds. The average Bonchev–Trinajstić information content (AvgIpc) is 2.96. The van der Waals surface area contributed by atoms with Crippen molar-refractivity contribution in [3.63, 3.8) is 0 Å². The number of aromatic nitrogens is 2. The van der Waals surface area contributed by atoms with Crippen LogP contribution >= 0.6 is 0 Å². The Hall–Kier alpha value is -0.830. The maximum Gasteiger partial charge on any atom is 0.111 e. The van der Waals surface area contributed by atoms with Gasteiger partial charge in [-0.3, -0.25) is 4.90 Å². The van der Waals surface area contributed by atoms with Gasteiger partial charge < -0.3 is 4.57 Å². The van der Waals surface area contributed by atoms with Crippen molar-refractivity contribution < 1.29 is 0 Å². The third kappa shape index (κ3) is 2.58. The molecule has 0 aliphatic carbocycles. The summed E-state index contributed by atoms with van der Waals surface area (Å²) in [5.74, 6) is 1.97. The summed E-state index contributed by atoms with van der Waals surface area (Å²) in [6.07, 6.45) is 8.78. The number of hydrogen-bond donors (Lipinski definition) is 0. The van der Waals surface area contributed by atoms with Crippen LogP contribution in [0.3, 0.4) is 0 Å². The molecule has 1 aromatic heterocycles. The van der Waals surface area contributed by atoms with Gasteiger partial charge in [-0.15, -0.1) is 0 Å². The molecule has 0 saturated carbocycles. The third-order valence-corrected chi connectivity index (χ3v) is 4.86. The quantitative estimate of drug-likeness (QED) is 0.833. The third-order valence-electron chi connectivity index (χ3n) is 4.86. The second kappa shape index (κ2) is 5.28. The maximum absolute atomic E-state index is 4.93.